The van der Waals surface area contributed by atoms with Crippen LogP contribution in [0.5, 0.6) is 0 Å². The van der Waals surface area contributed by atoms with Gasteiger partial charge in [0.15, 0.2) is 0 Å². The first-order chi connectivity index (χ1) is 16.8. The van der Waals surface area contributed by atoms with Crippen LogP contribution in [-0.2, 0) is 26.4 Å². The zero-order valence-electron chi connectivity index (χ0n) is 20.0. The Morgan fingerprint density at radius 2 is 1.91 bits per heavy atom. The Hall–Kier alpha value is -3.92. The number of fused-ring (bicyclic) bond motifs is 1. The predicted octanol–water partition coefficient (Wildman–Crippen LogP) is 2.06. The minimum atomic E-state index is -1.09. The molecule has 2 aromatic carbocycles. The number of nitrogens with zero attached hydrogens (tertiary/aromatic N) is 2. The number of benzene rings is 2. The van der Waals surface area contributed by atoms with Crippen LogP contribution in [0.1, 0.15) is 36.7 Å². The molecule has 1 saturated heterocycles. The lowest BCUT2D eigenvalue weighted by molar-refractivity contribution is -0.141. The summed E-state index contributed by atoms with van der Waals surface area (Å²) in [7, 11) is 1.33. The predicted molar refractivity (Wildman–Crippen MR) is 134 cm³/mol. The Kier molecular flexibility index (Phi) is 7.02. The zero-order chi connectivity index (χ0) is 25.0. The highest BCUT2D eigenvalue weighted by atomic mass is 16.5. The standard InChI is InChI=1S/C25H31N7O3/c1-25(29-15-22(33)35-2,24(34)32-11-3-4-12-32)17-7-10-19-20(13-17)31-21(30-19)14-28-18-8-5-16(6-9-18)23(26)27/h5-10,13,28-29H,3-4,11-12,14-15H2,1-2H3,(H3,26,27)(H,30,31)/t25-/m1/s1. The van der Waals surface area contributed by atoms with Crippen LogP contribution in [0.3, 0.4) is 0 Å². The van der Waals surface area contributed by atoms with Gasteiger partial charge in [-0.3, -0.25) is 20.3 Å². The summed E-state index contributed by atoms with van der Waals surface area (Å²) in [4.78, 5) is 35.1. The number of esters is 1. The second-order valence-corrected chi connectivity index (χ2v) is 8.81. The van der Waals surface area contributed by atoms with Gasteiger partial charge in [-0.25, -0.2) is 4.98 Å². The number of ether oxygens (including phenoxy) is 1. The molecular formula is C25H31N7O3. The highest BCUT2D eigenvalue weighted by molar-refractivity contribution is 5.95. The van der Waals surface area contributed by atoms with Gasteiger partial charge in [0, 0.05) is 24.3 Å². The lowest BCUT2D eigenvalue weighted by Gasteiger charge is -2.33. The van der Waals surface area contributed by atoms with Crippen molar-refractivity contribution in [2.75, 3.05) is 32.1 Å². The van der Waals surface area contributed by atoms with Gasteiger partial charge in [0.25, 0.3) is 0 Å². The molecule has 4 rings (SSSR count). The maximum absolute atomic E-state index is 13.5. The first-order valence-electron chi connectivity index (χ1n) is 11.6. The van der Waals surface area contributed by atoms with Gasteiger partial charge in [0.05, 0.1) is 31.2 Å². The van der Waals surface area contributed by atoms with Crippen LogP contribution in [-0.4, -0.2) is 59.3 Å². The number of anilines is 1. The Morgan fingerprint density at radius 3 is 2.57 bits per heavy atom. The third kappa shape index (κ3) is 5.27. The third-order valence-electron chi connectivity index (χ3n) is 6.40. The van der Waals surface area contributed by atoms with Gasteiger partial charge < -0.3 is 25.7 Å². The molecule has 1 aliphatic rings. The van der Waals surface area contributed by atoms with Crippen molar-refractivity contribution >= 4 is 34.4 Å². The third-order valence-corrected chi connectivity index (χ3v) is 6.40. The summed E-state index contributed by atoms with van der Waals surface area (Å²) in [6.45, 7) is 3.62. The van der Waals surface area contributed by atoms with E-state index in [0.717, 1.165) is 41.0 Å². The molecule has 1 fully saturated rings. The van der Waals surface area contributed by atoms with E-state index in [9.17, 15) is 9.59 Å². The molecule has 10 heteroatoms. The van der Waals surface area contributed by atoms with Crippen LogP contribution in [0.25, 0.3) is 11.0 Å². The number of amidine groups is 1. The fourth-order valence-corrected chi connectivity index (χ4v) is 4.27. The van der Waals surface area contributed by atoms with Crippen molar-refractivity contribution in [3.63, 3.8) is 0 Å². The molecule has 35 heavy (non-hydrogen) atoms. The van der Waals surface area contributed by atoms with Gasteiger partial charge >= 0.3 is 5.97 Å². The second kappa shape index (κ2) is 10.1. The number of rotatable bonds is 9. The number of H-pyrrole nitrogens is 1. The molecule has 0 unspecified atom stereocenters. The van der Waals surface area contributed by atoms with Crippen LogP contribution in [0.4, 0.5) is 5.69 Å². The maximum Gasteiger partial charge on any atom is 0.319 e. The van der Waals surface area contributed by atoms with Crippen molar-refractivity contribution in [1.82, 2.24) is 20.2 Å². The first kappa shape index (κ1) is 24.2. The number of carbonyl (C=O) groups is 2. The molecule has 6 N–H and O–H groups in total. The van der Waals surface area contributed by atoms with Gasteiger partial charge in [-0.05, 0) is 61.7 Å². The summed E-state index contributed by atoms with van der Waals surface area (Å²) in [6.07, 6.45) is 1.96. The van der Waals surface area contributed by atoms with Crippen molar-refractivity contribution in [3.05, 3.63) is 59.4 Å². The van der Waals surface area contributed by atoms with Gasteiger partial charge in [0.2, 0.25) is 5.91 Å². The van der Waals surface area contributed by atoms with Gasteiger partial charge in [0.1, 0.15) is 17.2 Å². The molecule has 1 aliphatic heterocycles. The second-order valence-electron chi connectivity index (χ2n) is 8.81. The van der Waals surface area contributed by atoms with Gasteiger partial charge in [-0.15, -0.1) is 0 Å². The van der Waals surface area contributed by atoms with E-state index < -0.39 is 11.5 Å². The lowest BCUT2D eigenvalue weighted by Crippen LogP contribution is -2.54. The number of hydrogen-bond donors (Lipinski definition) is 5. The largest absolute Gasteiger partial charge is 0.468 e. The van der Waals surface area contributed by atoms with E-state index in [0.29, 0.717) is 25.2 Å². The fraction of sp³-hybridized carbons (Fsp3) is 0.360. The topological polar surface area (TPSA) is 149 Å². The molecular weight excluding hydrogens is 446 g/mol. The van der Waals surface area contributed by atoms with E-state index in [1.165, 1.54) is 7.11 Å². The molecule has 3 aromatic rings. The normalized spacial score (nSPS) is 15.1. The number of carbonyl (C=O) groups excluding carboxylic acids is 2. The molecule has 0 radical (unpaired) electrons. The Balaban J connectivity index is 1.55. The number of nitrogen functional groups attached to an aromatic ring is 1. The first-order valence-corrected chi connectivity index (χ1v) is 11.6. The molecule has 184 valence electrons. The van der Waals surface area contributed by atoms with Crippen molar-refractivity contribution < 1.29 is 14.3 Å². The van der Waals surface area contributed by atoms with Crippen molar-refractivity contribution in [2.24, 2.45) is 5.73 Å². The summed E-state index contributed by atoms with van der Waals surface area (Å²) < 4.78 is 4.78. The Bertz CT molecular complexity index is 1230. The molecule has 2 heterocycles. The Morgan fingerprint density at radius 1 is 1.20 bits per heavy atom. The van der Waals surface area contributed by atoms with Crippen molar-refractivity contribution in [2.45, 2.75) is 31.8 Å². The summed E-state index contributed by atoms with van der Waals surface area (Å²) in [5.41, 5.74) is 8.29. The van der Waals surface area contributed by atoms with Crippen LogP contribution >= 0.6 is 0 Å². The van der Waals surface area contributed by atoms with Gasteiger partial charge in [-0.2, -0.15) is 0 Å². The number of amides is 1. The molecule has 0 spiro atoms. The number of likely N-dealkylation sites (tertiary alicyclic amines) is 1. The number of hydrogen-bond acceptors (Lipinski definition) is 7. The SMILES string of the molecule is COC(=O)CN[C@@](C)(C(=O)N1CCCC1)c1ccc2nc(CNc3ccc(C(=N)N)cc3)[nH]c2c1. The minimum absolute atomic E-state index is 0.0286. The van der Waals surface area contributed by atoms with Gasteiger partial charge in [-0.1, -0.05) is 6.07 Å². The van der Waals surface area contributed by atoms with Crippen LogP contribution in [0.15, 0.2) is 42.5 Å². The molecule has 0 aliphatic carbocycles. The van der Waals surface area contributed by atoms with E-state index in [4.69, 9.17) is 15.9 Å². The molecule has 0 bridgehead atoms. The summed E-state index contributed by atoms with van der Waals surface area (Å²) in [6, 6.07) is 13.0. The van der Waals surface area contributed by atoms with Crippen LogP contribution < -0.4 is 16.4 Å². The Labute approximate surface area is 203 Å². The van der Waals surface area contributed by atoms with Crippen LogP contribution in [0.2, 0.25) is 0 Å². The molecule has 1 amide bonds. The summed E-state index contributed by atoms with van der Waals surface area (Å²) in [5.74, 6) is 0.273. The van der Waals surface area contributed by atoms with E-state index in [1.54, 1.807) is 19.1 Å². The quantitative estimate of drug-likeness (QED) is 0.180. The molecule has 10 nitrogen and oxygen atoms in total. The highest BCUT2D eigenvalue weighted by Crippen LogP contribution is 2.28. The maximum atomic E-state index is 13.5. The minimum Gasteiger partial charge on any atom is -0.468 e. The number of nitrogens with two attached hydrogens (primary N) is 1. The van der Waals surface area contributed by atoms with E-state index >= 15 is 0 Å². The van der Waals surface area contributed by atoms with Crippen LogP contribution in [0, 0.1) is 5.41 Å². The molecule has 0 saturated carbocycles. The monoisotopic (exact) mass is 477 g/mol. The number of methoxy groups -OCH3 is 1. The van der Waals surface area contributed by atoms with E-state index in [2.05, 4.69) is 20.6 Å². The van der Waals surface area contributed by atoms with Crippen molar-refractivity contribution in [3.8, 4) is 0 Å². The number of aromatic amines is 1. The highest BCUT2D eigenvalue weighted by Gasteiger charge is 2.39. The summed E-state index contributed by atoms with van der Waals surface area (Å²) >= 11 is 0. The fourth-order valence-electron chi connectivity index (χ4n) is 4.27. The number of aromatic nitrogens is 2. The average molecular weight is 478 g/mol. The summed E-state index contributed by atoms with van der Waals surface area (Å²) in [5, 5.41) is 13.9. The molecule has 1 aromatic heterocycles. The van der Waals surface area contributed by atoms with E-state index in [-0.39, 0.29) is 18.3 Å². The van der Waals surface area contributed by atoms with E-state index in [1.807, 2.05) is 35.2 Å². The average Bonchev–Trinajstić information content (AvgIpc) is 3.55. The van der Waals surface area contributed by atoms with Crippen molar-refractivity contribution in [1.29, 1.82) is 5.41 Å². The zero-order valence-corrected chi connectivity index (χ0v) is 20.0. The number of nitrogens with one attached hydrogen (secondary N) is 4. The number of imidazole rings is 1. The molecule has 1 atom stereocenters. The lowest BCUT2D eigenvalue weighted by atomic mass is 9.89. The smallest absolute Gasteiger partial charge is 0.319 e.